The number of carbonyl (C=O) groups is 1. The molecule has 3 rings (SSSR count). The van der Waals surface area contributed by atoms with Crippen LogP contribution in [-0.4, -0.2) is 39.0 Å². The minimum absolute atomic E-state index is 0.345. The Kier molecular flexibility index (Phi) is 5.99. The topological polar surface area (TPSA) is 66.3 Å². The maximum absolute atomic E-state index is 11.0. The zero-order chi connectivity index (χ0) is 18.5. The van der Waals surface area contributed by atoms with Gasteiger partial charge in [-0.05, 0) is 55.5 Å². The molecule has 1 aromatic heterocycles. The van der Waals surface area contributed by atoms with Gasteiger partial charge in [-0.15, -0.1) is 0 Å². The van der Waals surface area contributed by atoms with E-state index in [9.17, 15) is 4.79 Å². The largest absolute Gasteiger partial charge is 0.478 e. The van der Waals surface area contributed by atoms with E-state index in [-0.39, 0.29) is 0 Å². The number of rotatable bonds is 6. The summed E-state index contributed by atoms with van der Waals surface area (Å²) in [4.78, 5) is 22.5. The van der Waals surface area contributed by atoms with Crippen LogP contribution in [0.15, 0.2) is 36.5 Å². The Hall–Kier alpha value is -2.27. The Morgan fingerprint density at radius 3 is 2.73 bits per heavy atom. The first-order chi connectivity index (χ1) is 12.5. The molecular weight excluding hydrogens is 326 g/mol. The second kappa shape index (κ2) is 8.41. The zero-order valence-electron chi connectivity index (χ0n) is 15.6. The molecule has 26 heavy (non-hydrogen) atoms. The van der Waals surface area contributed by atoms with Gasteiger partial charge < -0.3 is 5.11 Å². The monoisotopic (exact) mass is 353 g/mol. The van der Waals surface area contributed by atoms with Gasteiger partial charge in [-0.1, -0.05) is 26.0 Å². The molecule has 0 radical (unpaired) electrons. The molecule has 0 bridgehead atoms. The van der Waals surface area contributed by atoms with E-state index in [0.29, 0.717) is 17.4 Å². The number of aromatic nitrogens is 2. The minimum Gasteiger partial charge on any atom is -0.478 e. The summed E-state index contributed by atoms with van der Waals surface area (Å²) >= 11 is 0. The molecule has 2 heterocycles. The molecule has 0 amide bonds. The lowest BCUT2D eigenvalue weighted by Crippen LogP contribution is -2.36. The number of piperidine rings is 1. The van der Waals surface area contributed by atoms with E-state index in [1.807, 2.05) is 24.4 Å². The molecule has 5 nitrogen and oxygen atoms in total. The van der Waals surface area contributed by atoms with Crippen LogP contribution >= 0.6 is 0 Å². The highest BCUT2D eigenvalue weighted by atomic mass is 16.4. The van der Waals surface area contributed by atoms with Crippen molar-refractivity contribution < 1.29 is 9.90 Å². The molecule has 1 aromatic carbocycles. The Morgan fingerprint density at radius 1 is 1.27 bits per heavy atom. The van der Waals surface area contributed by atoms with Gasteiger partial charge in [0.25, 0.3) is 0 Å². The quantitative estimate of drug-likeness (QED) is 0.857. The normalized spacial score (nSPS) is 18.2. The number of hydrogen-bond acceptors (Lipinski definition) is 4. The molecule has 1 saturated heterocycles. The van der Waals surface area contributed by atoms with Gasteiger partial charge in [-0.25, -0.2) is 14.8 Å². The summed E-state index contributed by atoms with van der Waals surface area (Å²) in [5.74, 6) is 0.990. The fourth-order valence-corrected chi connectivity index (χ4v) is 3.59. The predicted molar refractivity (Wildman–Crippen MR) is 101 cm³/mol. The maximum Gasteiger partial charge on any atom is 0.335 e. The molecule has 0 unspecified atom stereocenters. The van der Waals surface area contributed by atoms with Crippen molar-refractivity contribution in [2.45, 2.75) is 45.6 Å². The van der Waals surface area contributed by atoms with E-state index >= 15 is 0 Å². The maximum atomic E-state index is 11.0. The van der Waals surface area contributed by atoms with Crippen LogP contribution in [0.2, 0.25) is 0 Å². The fraction of sp³-hybridized carbons (Fsp3) is 0.476. The summed E-state index contributed by atoms with van der Waals surface area (Å²) in [5.41, 5.74) is 2.66. The Labute approximate surface area is 155 Å². The van der Waals surface area contributed by atoms with Crippen LogP contribution in [0, 0.1) is 5.92 Å². The van der Waals surface area contributed by atoms with Crippen molar-refractivity contribution in [3.63, 3.8) is 0 Å². The second-order valence-corrected chi connectivity index (χ2v) is 7.51. The smallest absolute Gasteiger partial charge is 0.335 e. The van der Waals surface area contributed by atoms with Gasteiger partial charge in [0.15, 0.2) is 0 Å². The molecule has 0 saturated carbocycles. The summed E-state index contributed by atoms with van der Waals surface area (Å²) < 4.78 is 0. The van der Waals surface area contributed by atoms with E-state index in [2.05, 4.69) is 23.7 Å². The highest BCUT2D eigenvalue weighted by molar-refractivity contribution is 5.87. The van der Waals surface area contributed by atoms with Gasteiger partial charge in [-0.2, -0.15) is 0 Å². The van der Waals surface area contributed by atoms with E-state index in [0.717, 1.165) is 37.6 Å². The van der Waals surface area contributed by atoms with Crippen LogP contribution in [0.5, 0.6) is 0 Å². The predicted octanol–water partition coefficient (Wildman–Crippen LogP) is 3.75. The molecule has 2 aromatic rings. The summed E-state index contributed by atoms with van der Waals surface area (Å²) in [7, 11) is 0. The lowest BCUT2D eigenvalue weighted by Gasteiger charge is -2.32. The number of benzene rings is 1. The summed E-state index contributed by atoms with van der Waals surface area (Å²) in [6, 6.07) is 9.31. The second-order valence-electron chi connectivity index (χ2n) is 7.51. The van der Waals surface area contributed by atoms with Crippen LogP contribution in [0.25, 0.3) is 0 Å². The van der Waals surface area contributed by atoms with Crippen molar-refractivity contribution in [1.29, 1.82) is 0 Å². The Bertz CT molecular complexity index is 743. The van der Waals surface area contributed by atoms with Crippen molar-refractivity contribution in [2.75, 3.05) is 13.1 Å². The van der Waals surface area contributed by atoms with Gasteiger partial charge in [0.05, 0.1) is 11.3 Å². The fourth-order valence-electron chi connectivity index (χ4n) is 3.59. The van der Waals surface area contributed by atoms with Crippen LogP contribution in [0.4, 0.5) is 0 Å². The molecule has 1 atom stereocenters. The van der Waals surface area contributed by atoms with E-state index < -0.39 is 5.97 Å². The SMILES string of the molecule is CC(C)c1nccc(CN2CCC[C@H](Cc3ccc(C(=O)O)cc3)C2)n1. The number of hydrogen-bond donors (Lipinski definition) is 1. The molecule has 138 valence electrons. The first kappa shape index (κ1) is 18.5. The summed E-state index contributed by atoms with van der Waals surface area (Å²) in [6.07, 6.45) is 5.28. The van der Waals surface area contributed by atoms with Gasteiger partial charge >= 0.3 is 5.97 Å². The third-order valence-electron chi connectivity index (χ3n) is 4.96. The molecule has 1 N–H and O–H groups in total. The highest BCUT2D eigenvalue weighted by Gasteiger charge is 2.21. The number of carboxylic acid groups (broad SMARTS) is 1. The van der Waals surface area contributed by atoms with Gasteiger partial charge in [0, 0.05) is 25.2 Å². The average molecular weight is 353 g/mol. The number of aromatic carboxylic acids is 1. The van der Waals surface area contributed by atoms with Crippen molar-refractivity contribution >= 4 is 5.97 Å². The van der Waals surface area contributed by atoms with Crippen LogP contribution in [0.3, 0.4) is 0 Å². The van der Waals surface area contributed by atoms with Crippen molar-refractivity contribution in [1.82, 2.24) is 14.9 Å². The molecule has 0 spiro atoms. The standard InChI is InChI=1S/C21H27N3O2/c1-15(2)20-22-10-9-19(23-20)14-24-11-3-4-17(13-24)12-16-5-7-18(8-6-16)21(25)26/h5-10,15,17H,3-4,11-14H2,1-2H3,(H,25,26)/t17-/m1/s1. The molecule has 1 aliphatic rings. The first-order valence-corrected chi connectivity index (χ1v) is 9.37. The van der Waals surface area contributed by atoms with Crippen LogP contribution in [-0.2, 0) is 13.0 Å². The molecular formula is C21H27N3O2. The lowest BCUT2D eigenvalue weighted by molar-refractivity contribution is 0.0697. The lowest BCUT2D eigenvalue weighted by atomic mass is 9.91. The van der Waals surface area contributed by atoms with E-state index in [1.54, 1.807) is 12.1 Å². The van der Waals surface area contributed by atoms with Gasteiger partial charge in [0.2, 0.25) is 0 Å². The average Bonchev–Trinajstić information content (AvgIpc) is 2.62. The molecule has 1 aliphatic heterocycles. The highest BCUT2D eigenvalue weighted by Crippen LogP contribution is 2.22. The molecule has 0 aliphatic carbocycles. The number of carboxylic acids is 1. The summed E-state index contributed by atoms with van der Waals surface area (Å²) in [6.45, 7) is 7.27. The molecule has 5 heteroatoms. The van der Waals surface area contributed by atoms with Gasteiger partial charge in [0.1, 0.15) is 5.82 Å². The number of nitrogens with zero attached hydrogens (tertiary/aromatic N) is 3. The van der Waals surface area contributed by atoms with Crippen LogP contribution < -0.4 is 0 Å². The minimum atomic E-state index is -0.869. The van der Waals surface area contributed by atoms with Crippen LogP contribution in [0.1, 0.15) is 60.0 Å². The van der Waals surface area contributed by atoms with E-state index in [1.165, 1.54) is 18.4 Å². The summed E-state index contributed by atoms with van der Waals surface area (Å²) in [5, 5.41) is 9.01. The Morgan fingerprint density at radius 2 is 2.04 bits per heavy atom. The molecule has 1 fully saturated rings. The van der Waals surface area contributed by atoms with Gasteiger partial charge in [-0.3, -0.25) is 4.90 Å². The number of likely N-dealkylation sites (tertiary alicyclic amines) is 1. The Balaban J connectivity index is 1.58. The van der Waals surface area contributed by atoms with Crippen molar-refractivity contribution in [3.8, 4) is 0 Å². The third-order valence-corrected chi connectivity index (χ3v) is 4.96. The first-order valence-electron chi connectivity index (χ1n) is 9.37. The third kappa shape index (κ3) is 4.88. The zero-order valence-corrected chi connectivity index (χ0v) is 15.6. The van der Waals surface area contributed by atoms with Crippen molar-refractivity contribution in [3.05, 3.63) is 59.2 Å². The van der Waals surface area contributed by atoms with Crippen molar-refractivity contribution in [2.24, 2.45) is 5.92 Å². The van der Waals surface area contributed by atoms with E-state index in [4.69, 9.17) is 10.1 Å².